The number of halogens is 1. The fourth-order valence-corrected chi connectivity index (χ4v) is 1.80. The van der Waals surface area contributed by atoms with Crippen molar-refractivity contribution in [3.63, 3.8) is 0 Å². The minimum absolute atomic E-state index is 0.0288. The molecule has 0 bridgehead atoms. The maximum atomic E-state index is 9.10. The minimum Gasteiger partial charge on any atom is -0.392 e. The lowest BCUT2D eigenvalue weighted by atomic mass is 10.1. The van der Waals surface area contributed by atoms with Crippen molar-refractivity contribution in [3.8, 4) is 0 Å². The second-order valence-corrected chi connectivity index (χ2v) is 3.32. The molecule has 0 atom stereocenters. The molecule has 0 aliphatic carbocycles. The van der Waals surface area contributed by atoms with Crippen LogP contribution >= 0.6 is 11.6 Å². The summed E-state index contributed by atoms with van der Waals surface area (Å²) in [6, 6.07) is 11.5. The van der Waals surface area contributed by atoms with Gasteiger partial charge in [-0.1, -0.05) is 41.9 Å². The molecule has 0 fully saturated rings. The molecule has 66 valence electrons. The molecule has 2 heteroatoms. The molecule has 0 spiro atoms. The summed E-state index contributed by atoms with van der Waals surface area (Å²) in [5.41, 5.74) is 0.878. The number of aliphatic hydroxyl groups excluding tert-OH is 1. The van der Waals surface area contributed by atoms with Gasteiger partial charge >= 0.3 is 0 Å². The van der Waals surface area contributed by atoms with E-state index in [-0.39, 0.29) is 6.61 Å². The van der Waals surface area contributed by atoms with E-state index in [9.17, 15) is 0 Å². The summed E-state index contributed by atoms with van der Waals surface area (Å²) in [4.78, 5) is 0. The Morgan fingerprint density at radius 2 is 1.77 bits per heavy atom. The molecule has 0 amide bonds. The first-order valence-electron chi connectivity index (χ1n) is 4.10. The van der Waals surface area contributed by atoms with Gasteiger partial charge in [0, 0.05) is 10.4 Å². The van der Waals surface area contributed by atoms with Crippen molar-refractivity contribution in [3.05, 3.63) is 47.0 Å². The third kappa shape index (κ3) is 1.41. The standard InChI is InChI=1S/C11H9ClO/c12-10-6-2-4-8-3-1-5-9(7-13)11(8)10/h1-6,13H,7H2. The maximum Gasteiger partial charge on any atom is 0.0688 e. The summed E-state index contributed by atoms with van der Waals surface area (Å²) in [6.07, 6.45) is 0. The zero-order chi connectivity index (χ0) is 9.26. The molecular formula is C11H9ClO. The van der Waals surface area contributed by atoms with Crippen molar-refractivity contribution in [2.24, 2.45) is 0 Å². The van der Waals surface area contributed by atoms with Crippen LogP contribution in [-0.2, 0) is 6.61 Å². The highest BCUT2D eigenvalue weighted by atomic mass is 35.5. The van der Waals surface area contributed by atoms with E-state index >= 15 is 0 Å². The molecule has 0 heterocycles. The predicted molar refractivity (Wildman–Crippen MR) is 54.9 cm³/mol. The number of benzene rings is 2. The van der Waals surface area contributed by atoms with E-state index in [0.717, 1.165) is 16.3 Å². The topological polar surface area (TPSA) is 20.2 Å². The number of fused-ring (bicyclic) bond motifs is 1. The van der Waals surface area contributed by atoms with Gasteiger partial charge < -0.3 is 5.11 Å². The average molecular weight is 193 g/mol. The third-order valence-corrected chi connectivity index (χ3v) is 2.43. The van der Waals surface area contributed by atoms with Crippen molar-refractivity contribution in [2.75, 3.05) is 0 Å². The van der Waals surface area contributed by atoms with Crippen molar-refractivity contribution in [1.82, 2.24) is 0 Å². The Morgan fingerprint density at radius 1 is 1.08 bits per heavy atom. The first kappa shape index (κ1) is 8.54. The van der Waals surface area contributed by atoms with Gasteiger partial charge in [0.1, 0.15) is 0 Å². The zero-order valence-corrected chi connectivity index (χ0v) is 7.75. The second-order valence-electron chi connectivity index (χ2n) is 2.91. The number of hydrogen-bond donors (Lipinski definition) is 1. The van der Waals surface area contributed by atoms with Crippen molar-refractivity contribution >= 4 is 22.4 Å². The van der Waals surface area contributed by atoms with Crippen LogP contribution in [0.15, 0.2) is 36.4 Å². The molecular weight excluding hydrogens is 184 g/mol. The van der Waals surface area contributed by atoms with Crippen molar-refractivity contribution in [1.29, 1.82) is 0 Å². The van der Waals surface area contributed by atoms with Gasteiger partial charge in [0.15, 0.2) is 0 Å². The van der Waals surface area contributed by atoms with Gasteiger partial charge in [0.25, 0.3) is 0 Å². The fourth-order valence-electron chi connectivity index (χ4n) is 1.50. The fraction of sp³-hybridized carbons (Fsp3) is 0.0909. The van der Waals surface area contributed by atoms with Crippen LogP contribution < -0.4 is 0 Å². The van der Waals surface area contributed by atoms with E-state index < -0.39 is 0 Å². The first-order chi connectivity index (χ1) is 6.33. The average Bonchev–Trinajstić information content (AvgIpc) is 2.17. The summed E-state index contributed by atoms with van der Waals surface area (Å²) in [7, 11) is 0. The highest BCUT2D eigenvalue weighted by Gasteiger charge is 2.02. The lowest BCUT2D eigenvalue weighted by Crippen LogP contribution is -1.85. The molecule has 0 saturated heterocycles. The van der Waals surface area contributed by atoms with Crippen LogP contribution in [0.25, 0.3) is 10.8 Å². The highest BCUT2D eigenvalue weighted by molar-refractivity contribution is 6.35. The number of aliphatic hydroxyl groups is 1. The molecule has 0 radical (unpaired) electrons. The van der Waals surface area contributed by atoms with Crippen molar-refractivity contribution in [2.45, 2.75) is 6.61 Å². The van der Waals surface area contributed by atoms with Crippen LogP contribution in [0.3, 0.4) is 0 Å². The Labute approximate surface area is 81.6 Å². The third-order valence-electron chi connectivity index (χ3n) is 2.11. The van der Waals surface area contributed by atoms with Crippen LogP contribution in [0.4, 0.5) is 0 Å². The molecule has 1 N–H and O–H groups in total. The molecule has 0 unspecified atom stereocenters. The van der Waals surface area contributed by atoms with Crippen molar-refractivity contribution < 1.29 is 5.11 Å². The summed E-state index contributed by atoms with van der Waals surface area (Å²) < 4.78 is 0. The number of hydrogen-bond acceptors (Lipinski definition) is 1. The van der Waals surface area contributed by atoms with Gasteiger partial charge in [-0.2, -0.15) is 0 Å². The Morgan fingerprint density at radius 3 is 2.46 bits per heavy atom. The molecule has 1 nitrogen and oxygen atoms in total. The van der Waals surface area contributed by atoms with Gasteiger partial charge in [-0.05, 0) is 17.0 Å². The summed E-state index contributed by atoms with van der Waals surface area (Å²) in [6.45, 7) is 0.0288. The molecule has 2 aromatic carbocycles. The first-order valence-corrected chi connectivity index (χ1v) is 4.47. The molecule has 0 aliphatic rings. The molecule has 13 heavy (non-hydrogen) atoms. The van der Waals surface area contributed by atoms with E-state index in [1.807, 2.05) is 36.4 Å². The van der Waals surface area contributed by atoms with E-state index in [1.54, 1.807) is 0 Å². The van der Waals surface area contributed by atoms with Crippen LogP contribution in [0.2, 0.25) is 5.02 Å². The summed E-state index contributed by atoms with van der Waals surface area (Å²) in [5.74, 6) is 0. The maximum absolute atomic E-state index is 9.10. The summed E-state index contributed by atoms with van der Waals surface area (Å²) in [5, 5.41) is 11.8. The van der Waals surface area contributed by atoms with E-state index in [2.05, 4.69) is 0 Å². The molecule has 2 aromatic rings. The SMILES string of the molecule is OCc1cccc2cccc(Cl)c12. The van der Waals surface area contributed by atoms with E-state index in [1.165, 1.54) is 0 Å². The van der Waals surface area contributed by atoms with E-state index in [0.29, 0.717) is 5.02 Å². The van der Waals surface area contributed by atoms with Gasteiger partial charge in [-0.3, -0.25) is 0 Å². The Hall–Kier alpha value is -1.05. The van der Waals surface area contributed by atoms with E-state index in [4.69, 9.17) is 16.7 Å². The normalized spacial score (nSPS) is 10.6. The Bertz CT molecular complexity index is 432. The zero-order valence-electron chi connectivity index (χ0n) is 7.00. The molecule has 2 rings (SSSR count). The summed E-state index contributed by atoms with van der Waals surface area (Å²) >= 11 is 6.03. The van der Waals surface area contributed by atoms with Crippen LogP contribution in [0.5, 0.6) is 0 Å². The van der Waals surface area contributed by atoms with Gasteiger partial charge in [-0.25, -0.2) is 0 Å². The van der Waals surface area contributed by atoms with Gasteiger partial charge in [0.05, 0.1) is 6.61 Å². The molecule has 0 aliphatic heterocycles. The predicted octanol–water partition coefficient (Wildman–Crippen LogP) is 2.99. The Kier molecular flexibility index (Phi) is 2.21. The molecule has 0 saturated carbocycles. The smallest absolute Gasteiger partial charge is 0.0688 e. The quantitative estimate of drug-likeness (QED) is 0.737. The number of rotatable bonds is 1. The molecule has 0 aromatic heterocycles. The lowest BCUT2D eigenvalue weighted by Gasteiger charge is -2.04. The monoisotopic (exact) mass is 192 g/mol. The van der Waals surface area contributed by atoms with Crippen LogP contribution in [0, 0.1) is 0 Å². The second kappa shape index (κ2) is 3.36. The highest BCUT2D eigenvalue weighted by Crippen LogP contribution is 2.26. The van der Waals surface area contributed by atoms with Gasteiger partial charge in [-0.15, -0.1) is 0 Å². The largest absolute Gasteiger partial charge is 0.392 e. The van der Waals surface area contributed by atoms with Crippen LogP contribution in [0.1, 0.15) is 5.56 Å². The minimum atomic E-state index is 0.0288. The van der Waals surface area contributed by atoms with Gasteiger partial charge in [0.2, 0.25) is 0 Å². The van der Waals surface area contributed by atoms with Crippen LogP contribution in [-0.4, -0.2) is 5.11 Å². The lowest BCUT2D eigenvalue weighted by molar-refractivity contribution is 0.283. The Balaban J connectivity index is 2.87.